The van der Waals surface area contributed by atoms with Gasteiger partial charge in [0.05, 0.1) is 0 Å². The van der Waals surface area contributed by atoms with Crippen LogP contribution in [0.4, 0.5) is 14.9 Å². The average molecular weight is 299 g/mol. The first-order valence-corrected chi connectivity index (χ1v) is 7.45. The molecule has 0 aliphatic rings. The van der Waals surface area contributed by atoms with Gasteiger partial charge in [0.1, 0.15) is 11.9 Å². The lowest BCUT2D eigenvalue weighted by Crippen LogP contribution is -2.46. The highest BCUT2D eigenvalue weighted by atomic mass is 32.2. The molecule has 1 aromatic rings. The molecule has 0 aromatic heterocycles. The van der Waals surface area contributed by atoms with Gasteiger partial charge in [0.2, 0.25) is 5.91 Å². The molecule has 7 heteroatoms. The molecule has 3 amide bonds. The van der Waals surface area contributed by atoms with Gasteiger partial charge in [0.15, 0.2) is 0 Å². The third-order valence-electron chi connectivity index (χ3n) is 2.68. The molecule has 0 radical (unpaired) electrons. The number of amides is 3. The fourth-order valence-electron chi connectivity index (χ4n) is 1.58. The molecule has 110 valence electrons. The third-order valence-corrected chi connectivity index (χ3v) is 3.33. The van der Waals surface area contributed by atoms with E-state index in [0.717, 1.165) is 0 Å². The Labute approximate surface area is 121 Å². The van der Waals surface area contributed by atoms with E-state index in [1.807, 2.05) is 6.26 Å². The predicted octanol–water partition coefficient (Wildman–Crippen LogP) is 1.86. The number of anilines is 1. The summed E-state index contributed by atoms with van der Waals surface area (Å²) in [5.41, 5.74) is 5.89. The Kier molecular flexibility index (Phi) is 6.30. The SMILES string of the molecule is CSCC[C@H](NC(N)=O)C(=O)Nc1ccc(C)c(F)c1. The number of benzene rings is 1. The Morgan fingerprint density at radius 3 is 2.70 bits per heavy atom. The number of halogens is 1. The van der Waals surface area contributed by atoms with Gasteiger partial charge in [-0.05, 0) is 43.0 Å². The molecule has 4 N–H and O–H groups in total. The summed E-state index contributed by atoms with van der Waals surface area (Å²) in [6, 6.07) is 2.92. The zero-order chi connectivity index (χ0) is 15.1. The maximum Gasteiger partial charge on any atom is 0.312 e. The van der Waals surface area contributed by atoms with Crippen LogP contribution in [0.25, 0.3) is 0 Å². The monoisotopic (exact) mass is 299 g/mol. The molecule has 20 heavy (non-hydrogen) atoms. The van der Waals surface area contributed by atoms with E-state index < -0.39 is 23.8 Å². The van der Waals surface area contributed by atoms with Crippen molar-refractivity contribution in [2.45, 2.75) is 19.4 Å². The molecule has 1 atom stereocenters. The first kappa shape index (κ1) is 16.3. The van der Waals surface area contributed by atoms with Crippen LogP contribution in [0.1, 0.15) is 12.0 Å². The summed E-state index contributed by atoms with van der Waals surface area (Å²) < 4.78 is 13.4. The van der Waals surface area contributed by atoms with Crippen LogP contribution in [-0.4, -0.2) is 30.0 Å². The van der Waals surface area contributed by atoms with Gasteiger partial charge in [-0.3, -0.25) is 4.79 Å². The van der Waals surface area contributed by atoms with Crippen LogP contribution >= 0.6 is 11.8 Å². The predicted molar refractivity (Wildman–Crippen MR) is 79.3 cm³/mol. The number of nitrogens with two attached hydrogens (primary N) is 1. The van der Waals surface area contributed by atoms with Crippen molar-refractivity contribution in [3.05, 3.63) is 29.6 Å². The first-order chi connectivity index (χ1) is 9.43. The number of hydrogen-bond acceptors (Lipinski definition) is 3. The van der Waals surface area contributed by atoms with Gasteiger partial charge in [-0.25, -0.2) is 9.18 Å². The fourth-order valence-corrected chi connectivity index (χ4v) is 2.05. The van der Waals surface area contributed by atoms with Gasteiger partial charge in [-0.2, -0.15) is 11.8 Å². The van der Waals surface area contributed by atoms with Gasteiger partial charge in [-0.1, -0.05) is 6.07 Å². The molecule has 0 aliphatic carbocycles. The molecular formula is C13H18FN3O2S. The number of carbonyl (C=O) groups is 2. The van der Waals surface area contributed by atoms with Crippen LogP contribution in [0, 0.1) is 12.7 Å². The summed E-state index contributed by atoms with van der Waals surface area (Å²) in [5, 5.41) is 4.95. The normalized spacial score (nSPS) is 11.8. The zero-order valence-corrected chi connectivity index (χ0v) is 12.2. The number of primary amides is 1. The van der Waals surface area contributed by atoms with Crippen LogP contribution in [0.2, 0.25) is 0 Å². The van der Waals surface area contributed by atoms with Crippen LogP contribution < -0.4 is 16.4 Å². The zero-order valence-electron chi connectivity index (χ0n) is 11.4. The molecule has 1 aromatic carbocycles. The summed E-state index contributed by atoms with van der Waals surface area (Å²) in [6.07, 6.45) is 2.35. The summed E-state index contributed by atoms with van der Waals surface area (Å²) in [6.45, 7) is 1.64. The Morgan fingerprint density at radius 2 is 2.15 bits per heavy atom. The van der Waals surface area contributed by atoms with Crippen molar-refractivity contribution in [2.24, 2.45) is 5.73 Å². The second kappa shape index (κ2) is 7.74. The third kappa shape index (κ3) is 5.08. The first-order valence-electron chi connectivity index (χ1n) is 6.06. The Bertz CT molecular complexity index is 497. The molecule has 0 saturated carbocycles. The van der Waals surface area contributed by atoms with Crippen molar-refractivity contribution in [1.82, 2.24) is 5.32 Å². The molecule has 0 fully saturated rings. The van der Waals surface area contributed by atoms with Crippen LogP contribution in [0.3, 0.4) is 0 Å². The van der Waals surface area contributed by atoms with Crippen molar-refractivity contribution in [1.29, 1.82) is 0 Å². The van der Waals surface area contributed by atoms with Crippen molar-refractivity contribution in [3.8, 4) is 0 Å². The van der Waals surface area contributed by atoms with E-state index in [2.05, 4.69) is 10.6 Å². The highest BCUT2D eigenvalue weighted by Crippen LogP contribution is 2.14. The molecule has 0 spiro atoms. The van der Waals surface area contributed by atoms with Crippen LogP contribution in [0.5, 0.6) is 0 Å². The maximum atomic E-state index is 13.4. The average Bonchev–Trinajstić information content (AvgIpc) is 2.38. The minimum atomic E-state index is -0.763. The summed E-state index contributed by atoms with van der Waals surface area (Å²) in [5.74, 6) is -0.118. The number of nitrogens with one attached hydrogen (secondary N) is 2. The van der Waals surface area contributed by atoms with Gasteiger partial charge in [-0.15, -0.1) is 0 Å². The smallest absolute Gasteiger partial charge is 0.312 e. The summed E-state index contributed by atoms with van der Waals surface area (Å²) in [7, 11) is 0. The van der Waals surface area contributed by atoms with Gasteiger partial charge >= 0.3 is 6.03 Å². The number of carbonyl (C=O) groups excluding carboxylic acids is 2. The molecule has 0 bridgehead atoms. The highest BCUT2D eigenvalue weighted by molar-refractivity contribution is 7.98. The number of aryl methyl sites for hydroxylation is 1. The Morgan fingerprint density at radius 1 is 1.45 bits per heavy atom. The number of hydrogen-bond donors (Lipinski definition) is 3. The van der Waals surface area contributed by atoms with E-state index in [4.69, 9.17) is 5.73 Å². The highest BCUT2D eigenvalue weighted by Gasteiger charge is 2.19. The second-order valence-corrected chi connectivity index (χ2v) is 5.28. The fraction of sp³-hybridized carbons (Fsp3) is 0.385. The maximum absolute atomic E-state index is 13.4. The number of rotatable bonds is 6. The molecule has 0 unspecified atom stereocenters. The lowest BCUT2D eigenvalue weighted by Gasteiger charge is -2.17. The minimum absolute atomic E-state index is 0.346. The van der Waals surface area contributed by atoms with Gasteiger partial charge < -0.3 is 16.4 Å². The Balaban J connectivity index is 2.73. The Hall–Kier alpha value is -1.76. The van der Waals surface area contributed by atoms with Crippen molar-refractivity contribution >= 4 is 29.4 Å². The quantitative estimate of drug-likeness (QED) is 0.749. The van der Waals surface area contributed by atoms with E-state index >= 15 is 0 Å². The lowest BCUT2D eigenvalue weighted by atomic mass is 10.2. The molecule has 0 aliphatic heterocycles. The van der Waals surface area contributed by atoms with Gasteiger partial charge in [0.25, 0.3) is 0 Å². The van der Waals surface area contributed by atoms with Gasteiger partial charge in [0, 0.05) is 5.69 Å². The lowest BCUT2D eigenvalue weighted by molar-refractivity contribution is -0.117. The molecular weight excluding hydrogens is 281 g/mol. The molecule has 5 nitrogen and oxygen atoms in total. The van der Waals surface area contributed by atoms with E-state index in [1.165, 1.54) is 6.07 Å². The number of thioether (sulfide) groups is 1. The molecule has 0 heterocycles. The molecule has 1 rings (SSSR count). The van der Waals surface area contributed by atoms with E-state index in [1.54, 1.807) is 30.8 Å². The summed E-state index contributed by atoms with van der Waals surface area (Å²) >= 11 is 1.55. The van der Waals surface area contributed by atoms with Crippen LogP contribution in [0.15, 0.2) is 18.2 Å². The van der Waals surface area contributed by atoms with Crippen molar-refractivity contribution in [3.63, 3.8) is 0 Å². The topological polar surface area (TPSA) is 84.2 Å². The van der Waals surface area contributed by atoms with Crippen molar-refractivity contribution < 1.29 is 14.0 Å². The molecule has 0 saturated heterocycles. The van der Waals surface area contributed by atoms with E-state index in [9.17, 15) is 14.0 Å². The van der Waals surface area contributed by atoms with Crippen molar-refractivity contribution in [2.75, 3.05) is 17.3 Å². The number of urea groups is 1. The second-order valence-electron chi connectivity index (χ2n) is 4.30. The largest absolute Gasteiger partial charge is 0.352 e. The van der Waals surface area contributed by atoms with Crippen LogP contribution in [-0.2, 0) is 4.79 Å². The van der Waals surface area contributed by atoms with E-state index in [-0.39, 0.29) is 0 Å². The minimum Gasteiger partial charge on any atom is -0.352 e. The summed E-state index contributed by atoms with van der Waals surface area (Å²) in [4.78, 5) is 22.9. The standard InChI is InChI=1S/C13H18FN3O2S/c1-8-3-4-9(7-10(8)14)16-12(18)11(5-6-20-2)17-13(15)19/h3-4,7,11H,5-6H2,1-2H3,(H,16,18)(H3,15,17,19)/t11-/m0/s1. The van der Waals surface area contributed by atoms with E-state index in [0.29, 0.717) is 23.4 Å².